The summed E-state index contributed by atoms with van der Waals surface area (Å²) in [6.07, 6.45) is 2.79. The molecule has 0 aromatic carbocycles. The molecule has 0 saturated carbocycles. The zero-order valence-electron chi connectivity index (χ0n) is 10.3. The van der Waals surface area contributed by atoms with Crippen LogP contribution in [0.15, 0.2) is 23.9 Å². The van der Waals surface area contributed by atoms with Crippen LogP contribution in [0.5, 0.6) is 0 Å². The Morgan fingerprint density at radius 1 is 1.47 bits per heavy atom. The van der Waals surface area contributed by atoms with Gasteiger partial charge >= 0.3 is 5.97 Å². The fourth-order valence-corrected chi connectivity index (χ4v) is 3.54. The fraction of sp³-hybridized carbons (Fsp3) is 0.583. The second-order valence-electron chi connectivity index (χ2n) is 4.44. The largest absolute Gasteiger partial charge is 0.462 e. The molecule has 0 spiro atoms. The van der Waals surface area contributed by atoms with E-state index in [1.807, 2.05) is 19.9 Å². The summed E-state index contributed by atoms with van der Waals surface area (Å²) >= 11 is 0. The quantitative estimate of drug-likeness (QED) is 0.300. The van der Waals surface area contributed by atoms with E-state index in [0.717, 1.165) is 18.0 Å². The van der Waals surface area contributed by atoms with Gasteiger partial charge in [0.05, 0.1) is 14.7 Å². The second kappa shape index (κ2) is 6.61. The van der Waals surface area contributed by atoms with Crippen LogP contribution < -0.4 is 0 Å². The molecule has 0 atom stereocenters. The zero-order chi connectivity index (χ0) is 11.9. The van der Waals surface area contributed by atoms with Crippen LogP contribution >= 0.6 is 0 Å². The molecular formula is C12H22O2Si. The van der Waals surface area contributed by atoms with Crippen LogP contribution in [0.4, 0.5) is 0 Å². The van der Waals surface area contributed by atoms with E-state index >= 15 is 0 Å². The Kier molecular flexibility index (Phi) is 6.25. The molecule has 0 unspecified atom stereocenters. The molecule has 15 heavy (non-hydrogen) atoms. The highest BCUT2D eigenvalue weighted by Crippen LogP contribution is 2.14. The van der Waals surface area contributed by atoms with E-state index in [9.17, 15) is 4.79 Å². The number of rotatable bonds is 6. The molecule has 0 aliphatic carbocycles. The second-order valence-corrected chi connectivity index (χ2v) is 9.12. The smallest absolute Gasteiger partial charge is 0.332 e. The molecule has 0 aliphatic heterocycles. The summed E-state index contributed by atoms with van der Waals surface area (Å²) in [5, 5.41) is 0. The third-order valence-corrected chi connectivity index (χ3v) is 4.59. The molecule has 0 heterocycles. The Bertz CT molecular complexity index is 254. The lowest BCUT2D eigenvalue weighted by atomic mass is 10.4. The van der Waals surface area contributed by atoms with Crippen molar-refractivity contribution in [3.8, 4) is 0 Å². The van der Waals surface area contributed by atoms with Crippen molar-refractivity contribution in [1.82, 2.24) is 0 Å². The number of hydrogen-bond donors (Lipinski definition) is 0. The van der Waals surface area contributed by atoms with Gasteiger partial charge in [-0.1, -0.05) is 31.8 Å². The fourth-order valence-electron chi connectivity index (χ4n) is 1.38. The molecule has 0 aromatic rings. The van der Waals surface area contributed by atoms with Gasteiger partial charge in [-0.15, -0.1) is 6.58 Å². The molecule has 0 rings (SSSR count). The number of esters is 1. The minimum absolute atomic E-state index is 0.179. The van der Waals surface area contributed by atoms with Crippen molar-refractivity contribution in [3.63, 3.8) is 0 Å². The van der Waals surface area contributed by atoms with Crippen LogP contribution in [0.1, 0.15) is 20.3 Å². The summed E-state index contributed by atoms with van der Waals surface area (Å²) in [7, 11) is -1.45. The van der Waals surface area contributed by atoms with E-state index in [2.05, 4.69) is 25.4 Å². The van der Waals surface area contributed by atoms with Crippen molar-refractivity contribution in [1.29, 1.82) is 0 Å². The lowest BCUT2D eigenvalue weighted by Gasteiger charge is -2.16. The number of ether oxygens (including phenoxy) is 1. The Morgan fingerprint density at radius 2 is 2.07 bits per heavy atom. The molecule has 0 N–H and O–H groups in total. The van der Waals surface area contributed by atoms with Gasteiger partial charge in [0.2, 0.25) is 0 Å². The summed E-state index contributed by atoms with van der Waals surface area (Å²) in [6.45, 7) is 12.5. The first kappa shape index (κ1) is 14.2. The molecule has 0 bridgehead atoms. The summed E-state index contributed by atoms with van der Waals surface area (Å²) < 4.78 is 5.07. The van der Waals surface area contributed by atoms with Crippen molar-refractivity contribution < 1.29 is 9.53 Å². The molecule has 0 radical (unpaired) electrons. The van der Waals surface area contributed by atoms with Gasteiger partial charge in [0.25, 0.3) is 0 Å². The Balaban J connectivity index is 4.40. The monoisotopic (exact) mass is 226 g/mol. The van der Waals surface area contributed by atoms with E-state index in [1.165, 1.54) is 0 Å². The molecule has 0 aromatic heterocycles. The van der Waals surface area contributed by atoms with Crippen molar-refractivity contribution in [3.05, 3.63) is 23.9 Å². The lowest BCUT2D eigenvalue weighted by Crippen LogP contribution is -2.23. The third kappa shape index (κ3) is 6.28. The van der Waals surface area contributed by atoms with Gasteiger partial charge in [-0.25, -0.2) is 4.79 Å². The Hall–Kier alpha value is -0.833. The maximum absolute atomic E-state index is 11.5. The molecule has 2 nitrogen and oxygen atoms in total. The Morgan fingerprint density at radius 3 is 2.53 bits per heavy atom. The predicted molar refractivity (Wildman–Crippen MR) is 67.5 cm³/mol. The van der Waals surface area contributed by atoms with Crippen LogP contribution in [0.25, 0.3) is 0 Å². The number of carbonyl (C=O) groups is 1. The van der Waals surface area contributed by atoms with E-state index in [0.29, 0.717) is 6.61 Å². The summed E-state index contributed by atoms with van der Waals surface area (Å²) in [5.41, 5.74) is 2.83. The van der Waals surface area contributed by atoms with Crippen LogP contribution in [-0.4, -0.2) is 20.7 Å². The number of hydrogen-bond acceptors (Lipinski definition) is 2. The van der Waals surface area contributed by atoms with Crippen molar-refractivity contribution in [2.24, 2.45) is 0 Å². The van der Waals surface area contributed by atoms with Gasteiger partial charge in [0.15, 0.2) is 0 Å². The van der Waals surface area contributed by atoms with E-state index in [4.69, 9.17) is 4.74 Å². The van der Waals surface area contributed by atoms with E-state index in [1.54, 1.807) is 0 Å². The van der Waals surface area contributed by atoms with E-state index in [-0.39, 0.29) is 5.97 Å². The first-order chi connectivity index (χ1) is 6.93. The number of allylic oxidation sites excluding steroid dienone is 1. The topological polar surface area (TPSA) is 26.3 Å². The molecule has 0 fully saturated rings. The summed E-state index contributed by atoms with van der Waals surface area (Å²) in [6, 6.07) is 0.991. The predicted octanol–water partition coefficient (Wildman–Crippen LogP) is 3.32. The van der Waals surface area contributed by atoms with E-state index < -0.39 is 8.07 Å². The van der Waals surface area contributed by atoms with Crippen LogP contribution in [0.2, 0.25) is 19.1 Å². The van der Waals surface area contributed by atoms with Gasteiger partial charge in [-0.05, 0) is 19.4 Å². The minimum Gasteiger partial charge on any atom is -0.462 e. The molecule has 0 saturated heterocycles. The van der Waals surface area contributed by atoms with Crippen LogP contribution in [-0.2, 0) is 9.53 Å². The summed E-state index contributed by atoms with van der Waals surface area (Å²) in [5.74, 6) is -0.179. The van der Waals surface area contributed by atoms with Crippen molar-refractivity contribution in [2.45, 2.75) is 39.4 Å². The SMILES string of the molecule is C=CC[Si](C)(C)C=C(C)C(=O)OCCC. The van der Waals surface area contributed by atoms with Gasteiger partial charge in [0.1, 0.15) is 0 Å². The van der Waals surface area contributed by atoms with Crippen LogP contribution in [0.3, 0.4) is 0 Å². The molecule has 3 heteroatoms. The molecule has 0 amide bonds. The highest BCUT2D eigenvalue weighted by Gasteiger charge is 2.18. The molecule has 0 aliphatic rings. The average molecular weight is 226 g/mol. The Labute approximate surface area is 94.0 Å². The molecule has 86 valence electrons. The average Bonchev–Trinajstić information content (AvgIpc) is 2.13. The highest BCUT2D eigenvalue weighted by molar-refractivity contribution is 6.82. The van der Waals surface area contributed by atoms with Gasteiger partial charge in [0, 0.05) is 5.57 Å². The van der Waals surface area contributed by atoms with Gasteiger partial charge < -0.3 is 4.74 Å². The maximum atomic E-state index is 11.5. The maximum Gasteiger partial charge on any atom is 0.332 e. The molecular weight excluding hydrogens is 204 g/mol. The van der Waals surface area contributed by atoms with Crippen molar-refractivity contribution in [2.75, 3.05) is 6.61 Å². The van der Waals surface area contributed by atoms with Gasteiger partial charge in [-0.3, -0.25) is 0 Å². The van der Waals surface area contributed by atoms with Crippen LogP contribution in [0, 0.1) is 0 Å². The number of carbonyl (C=O) groups excluding carboxylic acids is 1. The third-order valence-electron chi connectivity index (χ3n) is 2.04. The first-order valence-electron chi connectivity index (χ1n) is 5.40. The van der Waals surface area contributed by atoms with Crippen molar-refractivity contribution >= 4 is 14.0 Å². The standard InChI is InChI=1S/C12H22O2Si/c1-6-8-14-12(13)11(3)10-15(4,5)9-7-2/h7,10H,2,6,8-9H2,1,3-5H3. The minimum atomic E-state index is -1.45. The highest BCUT2D eigenvalue weighted by atomic mass is 28.3. The van der Waals surface area contributed by atoms with Gasteiger partial charge in [-0.2, -0.15) is 0 Å². The first-order valence-corrected chi connectivity index (χ1v) is 8.69. The lowest BCUT2D eigenvalue weighted by molar-refractivity contribution is -0.138. The summed E-state index contributed by atoms with van der Waals surface area (Å²) in [4.78, 5) is 11.5. The zero-order valence-corrected chi connectivity index (χ0v) is 11.3. The normalized spacial score (nSPS) is 12.4.